The average molecular weight is 344 g/mol. The van der Waals surface area contributed by atoms with Crippen LogP contribution in [-0.4, -0.2) is 58.8 Å². The maximum absolute atomic E-state index is 5.57. The van der Waals surface area contributed by atoms with Gasteiger partial charge in [0.05, 0.1) is 12.7 Å². The molecule has 1 aliphatic carbocycles. The summed E-state index contributed by atoms with van der Waals surface area (Å²) in [5, 5.41) is 4.17. The molecule has 8 nitrogen and oxygen atoms in total. The van der Waals surface area contributed by atoms with Crippen LogP contribution in [-0.2, 0) is 0 Å². The number of aromatic nitrogens is 4. The standard InChI is InChI=1S/C17H24N6O2/c1-10-15(18-11(2)19-16(10)24-4)23-8-7-22(3)13(9-23)17-20-14(21-25-17)12-5-6-12/h12-13H,5-9H2,1-4H3. The van der Waals surface area contributed by atoms with Gasteiger partial charge in [-0.25, -0.2) is 4.98 Å². The van der Waals surface area contributed by atoms with E-state index in [1.54, 1.807) is 7.11 Å². The van der Waals surface area contributed by atoms with Crippen LogP contribution in [0.2, 0.25) is 0 Å². The van der Waals surface area contributed by atoms with Crippen molar-refractivity contribution in [2.75, 3.05) is 38.7 Å². The molecule has 1 saturated heterocycles. The number of nitrogens with zero attached hydrogens (tertiary/aromatic N) is 6. The molecule has 3 heterocycles. The van der Waals surface area contributed by atoms with Crippen LogP contribution in [0, 0.1) is 13.8 Å². The van der Waals surface area contributed by atoms with Crippen molar-refractivity contribution in [3.63, 3.8) is 0 Å². The quantitative estimate of drug-likeness (QED) is 0.831. The van der Waals surface area contributed by atoms with Gasteiger partial charge in [0.1, 0.15) is 17.7 Å². The van der Waals surface area contributed by atoms with E-state index in [0.29, 0.717) is 23.5 Å². The van der Waals surface area contributed by atoms with Crippen LogP contribution in [0.25, 0.3) is 0 Å². The van der Waals surface area contributed by atoms with Gasteiger partial charge in [-0.15, -0.1) is 0 Å². The molecule has 0 aromatic carbocycles. The van der Waals surface area contributed by atoms with Gasteiger partial charge in [0.15, 0.2) is 5.82 Å². The number of rotatable bonds is 4. The van der Waals surface area contributed by atoms with Crippen LogP contribution in [0.1, 0.15) is 47.9 Å². The van der Waals surface area contributed by atoms with Gasteiger partial charge in [0.2, 0.25) is 11.8 Å². The van der Waals surface area contributed by atoms with Crippen molar-refractivity contribution < 1.29 is 9.26 Å². The van der Waals surface area contributed by atoms with Crippen LogP contribution in [0.4, 0.5) is 5.82 Å². The summed E-state index contributed by atoms with van der Waals surface area (Å²) < 4.78 is 11.0. The highest BCUT2D eigenvalue weighted by molar-refractivity contribution is 5.51. The second kappa shape index (κ2) is 6.25. The predicted molar refractivity (Wildman–Crippen MR) is 91.9 cm³/mol. The van der Waals surface area contributed by atoms with E-state index in [-0.39, 0.29) is 6.04 Å². The lowest BCUT2D eigenvalue weighted by atomic mass is 10.1. The molecule has 2 aromatic heterocycles. The fraction of sp³-hybridized carbons (Fsp3) is 0.647. The van der Waals surface area contributed by atoms with Crippen LogP contribution in [0.15, 0.2) is 4.52 Å². The van der Waals surface area contributed by atoms with Crippen molar-refractivity contribution in [2.24, 2.45) is 0 Å². The first-order valence-corrected chi connectivity index (χ1v) is 8.74. The van der Waals surface area contributed by atoms with E-state index < -0.39 is 0 Å². The largest absolute Gasteiger partial charge is 0.481 e. The molecule has 1 atom stereocenters. The molecule has 2 aromatic rings. The van der Waals surface area contributed by atoms with Gasteiger partial charge in [0, 0.05) is 25.6 Å². The molecule has 0 amide bonds. The molecule has 1 aliphatic heterocycles. The van der Waals surface area contributed by atoms with Crippen molar-refractivity contribution in [1.29, 1.82) is 0 Å². The zero-order valence-electron chi connectivity index (χ0n) is 15.2. The van der Waals surface area contributed by atoms with Gasteiger partial charge in [-0.3, -0.25) is 4.90 Å². The summed E-state index contributed by atoms with van der Waals surface area (Å²) in [6.07, 6.45) is 2.34. The van der Waals surface area contributed by atoms with Crippen LogP contribution in [0.5, 0.6) is 5.88 Å². The smallest absolute Gasteiger partial charge is 0.245 e. The Morgan fingerprint density at radius 1 is 1.12 bits per heavy atom. The summed E-state index contributed by atoms with van der Waals surface area (Å²) in [7, 11) is 3.74. The third-order valence-electron chi connectivity index (χ3n) is 5.01. The van der Waals surface area contributed by atoms with Gasteiger partial charge in [-0.2, -0.15) is 9.97 Å². The Morgan fingerprint density at radius 2 is 1.92 bits per heavy atom. The van der Waals surface area contributed by atoms with E-state index in [0.717, 1.165) is 36.8 Å². The van der Waals surface area contributed by atoms with Crippen molar-refractivity contribution in [3.8, 4) is 5.88 Å². The number of ether oxygens (including phenoxy) is 1. The predicted octanol–water partition coefficient (Wildman–Crippen LogP) is 1.86. The molecule has 134 valence electrons. The summed E-state index contributed by atoms with van der Waals surface area (Å²) in [4.78, 5) is 18.2. The highest BCUT2D eigenvalue weighted by atomic mass is 16.5. The van der Waals surface area contributed by atoms with E-state index in [1.165, 1.54) is 12.8 Å². The van der Waals surface area contributed by atoms with Gasteiger partial charge in [0.25, 0.3) is 0 Å². The summed E-state index contributed by atoms with van der Waals surface area (Å²) in [6, 6.07) is 0.0643. The second-order valence-corrected chi connectivity index (χ2v) is 6.94. The lowest BCUT2D eigenvalue weighted by Gasteiger charge is -2.38. The Labute approximate surface area is 147 Å². The van der Waals surface area contributed by atoms with E-state index in [4.69, 9.17) is 9.26 Å². The average Bonchev–Trinajstić information content (AvgIpc) is 3.35. The highest BCUT2D eigenvalue weighted by Gasteiger charge is 2.34. The number of likely N-dealkylation sites (N-methyl/N-ethyl adjacent to an activating group) is 1. The maximum atomic E-state index is 5.57. The molecule has 1 unspecified atom stereocenters. The number of anilines is 1. The topological polar surface area (TPSA) is 80.4 Å². The lowest BCUT2D eigenvalue weighted by Crippen LogP contribution is -2.47. The zero-order valence-corrected chi connectivity index (χ0v) is 15.2. The minimum Gasteiger partial charge on any atom is -0.481 e. The fourth-order valence-corrected chi connectivity index (χ4v) is 3.32. The van der Waals surface area contributed by atoms with Gasteiger partial charge >= 0.3 is 0 Å². The van der Waals surface area contributed by atoms with Gasteiger partial charge in [-0.1, -0.05) is 5.16 Å². The molecule has 2 fully saturated rings. The Morgan fingerprint density at radius 3 is 2.64 bits per heavy atom. The van der Waals surface area contributed by atoms with Crippen LogP contribution >= 0.6 is 0 Å². The van der Waals surface area contributed by atoms with Crippen molar-refractivity contribution in [3.05, 3.63) is 23.1 Å². The molecule has 25 heavy (non-hydrogen) atoms. The molecular formula is C17H24N6O2. The summed E-state index contributed by atoms with van der Waals surface area (Å²) >= 11 is 0. The Balaban J connectivity index is 1.60. The van der Waals surface area contributed by atoms with Crippen LogP contribution < -0.4 is 9.64 Å². The van der Waals surface area contributed by atoms with E-state index >= 15 is 0 Å². The normalized spacial score (nSPS) is 21.6. The number of methoxy groups -OCH3 is 1. The first-order chi connectivity index (χ1) is 12.1. The number of aryl methyl sites for hydroxylation is 1. The number of piperazine rings is 1. The molecule has 0 radical (unpaired) electrons. The summed E-state index contributed by atoms with van der Waals surface area (Å²) in [6.45, 7) is 6.43. The molecule has 4 rings (SSSR count). The first kappa shape index (κ1) is 16.3. The highest BCUT2D eigenvalue weighted by Crippen LogP contribution is 2.39. The molecule has 0 N–H and O–H groups in total. The molecule has 8 heteroatoms. The van der Waals surface area contributed by atoms with E-state index in [2.05, 4.69) is 37.0 Å². The molecule has 1 saturated carbocycles. The minimum absolute atomic E-state index is 0.0643. The fourth-order valence-electron chi connectivity index (χ4n) is 3.32. The SMILES string of the molecule is COc1nc(C)nc(N2CCN(C)C(c3nc(C4CC4)no3)C2)c1C. The van der Waals surface area contributed by atoms with Crippen molar-refractivity contribution in [2.45, 2.75) is 38.6 Å². The lowest BCUT2D eigenvalue weighted by molar-refractivity contribution is 0.177. The third-order valence-corrected chi connectivity index (χ3v) is 5.01. The second-order valence-electron chi connectivity index (χ2n) is 6.94. The summed E-state index contributed by atoms with van der Waals surface area (Å²) in [5.74, 6) is 4.32. The Bertz CT molecular complexity index is 772. The monoisotopic (exact) mass is 344 g/mol. The summed E-state index contributed by atoms with van der Waals surface area (Å²) in [5.41, 5.74) is 0.959. The van der Waals surface area contributed by atoms with E-state index in [1.807, 2.05) is 13.8 Å². The van der Waals surface area contributed by atoms with Gasteiger partial charge < -0.3 is 14.2 Å². The van der Waals surface area contributed by atoms with Crippen LogP contribution in [0.3, 0.4) is 0 Å². The molecular weight excluding hydrogens is 320 g/mol. The first-order valence-electron chi connectivity index (χ1n) is 8.74. The number of hydrogen-bond donors (Lipinski definition) is 0. The molecule has 0 spiro atoms. The Kier molecular flexibility index (Phi) is 4.07. The van der Waals surface area contributed by atoms with Crippen molar-refractivity contribution in [1.82, 2.24) is 25.0 Å². The maximum Gasteiger partial charge on any atom is 0.245 e. The molecule has 0 bridgehead atoms. The van der Waals surface area contributed by atoms with Crippen molar-refractivity contribution >= 4 is 5.82 Å². The Hall–Kier alpha value is -2.22. The zero-order chi connectivity index (χ0) is 17.6. The molecule has 2 aliphatic rings. The van der Waals surface area contributed by atoms with E-state index in [9.17, 15) is 0 Å². The third kappa shape index (κ3) is 3.06. The minimum atomic E-state index is 0.0643. The van der Waals surface area contributed by atoms with Gasteiger partial charge in [-0.05, 0) is 33.7 Å². The number of hydrogen-bond acceptors (Lipinski definition) is 8.